The third-order valence-electron chi connectivity index (χ3n) is 15.8. The van der Waals surface area contributed by atoms with Crippen molar-refractivity contribution in [1.29, 1.82) is 0 Å². The van der Waals surface area contributed by atoms with Crippen LogP contribution in [-0.2, 0) is 30.5 Å². The fraction of sp³-hybridized carbons (Fsp3) is 0.586. The average Bonchev–Trinajstić information content (AvgIpc) is 4.36. The van der Waals surface area contributed by atoms with Crippen LogP contribution in [0.3, 0.4) is 0 Å². The van der Waals surface area contributed by atoms with Crippen LogP contribution in [0.25, 0.3) is 10.4 Å². The highest BCUT2D eigenvalue weighted by atomic mass is 32.1. The number of nitrogens with zero attached hydrogens (tertiary/aromatic N) is 7. The van der Waals surface area contributed by atoms with Crippen molar-refractivity contribution in [2.24, 2.45) is 5.41 Å². The number of halogens is 3. The highest BCUT2D eigenvalue weighted by molar-refractivity contribution is 7.13. The molecule has 0 radical (unpaired) electrons. The van der Waals surface area contributed by atoms with Crippen molar-refractivity contribution in [3.05, 3.63) is 70.7 Å². The lowest BCUT2D eigenvalue weighted by molar-refractivity contribution is -0.144. The smallest absolute Gasteiger partial charge is 0.342 e. The number of β-amino-alcohol motifs (C(OH)–C–C–N with tert-alkyl or cyclic N) is 1. The molecule has 2 aromatic carbocycles. The van der Waals surface area contributed by atoms with E-state index in [4.69, 9.17) is 9.47 Å². The van der Waals surface area contributed by atoms with Gasteiger partial charge in [0, 0.05) is 64.4 Å². The lowest BCUT2D eigenvalue weighted by atomic mass is 9.85. The van der Waals surface area contributed by atoms with Crippen LogP contribution in [0.15, 0.2) is 48.1 Å². The zero-order chi connectivity index (χ0) is 58.0. The lowest BCUT2D eigenvalue weighted by Gasteiger charge is -2.35. The van der Waals surface area contributed by atoms with Gasteiger partial charge in [-0.3, -0.25) is 24.0 Å². The highest BCUT2D eigenvalue weighted by Gasteiger charge is 2.49. The third kappa shape index (κ3) is 15.4. The molecule has 2 saturated heterocycles. The van der Waals surface area contributed by atoms with E-state index in [0.717, 1.165) is 104 Å². The second-order valence-electron chi connectivity index (χ2n) is 22.9. The Labute approximate surface area is 476 Å². The van der Waals surface area contributed by atoms with Crippen molar-refractivity contribution < 1.29 is 51.7 Å². The predicted octanol–water partition coefficient (Wildman–Crippen LogP) is 7.52. The number of aliphatic hydroxyl groups is 1. The van der Waals surface area contributed by atoms with Crippen LogP contribution >= 0.6 is 11.3 Å². The van der Waals surface area contributed by atoms with Gasteiger partial charge >= 0.3 is 5.92 Å². The number of amides is 5. The molecule has 0 spiro atoms. The molecular formula is C58H78F3N11O8S. The summed E-state index contributed by atoms with van der Waals surface area (Å²) in [5.41, 5.74) is 4.09. The Kier molecular flexibility index (Phi) is 20.3. The van der Waals surface area contributed by atoms with Crippen LogP contribution in [-0.4, -0.2) is 156 Å². The quantitative estimate of drug-likeness (QED) is 0.0454. The number of nitrogens with one attached hydrogen (secondary N) is 4. The molecule has 8 rings (SSSR count). The van der Waals surface area contributed by atoms with E-state index in [1.807, 2.05) is 57.5 Å². The molecule has 23 heteroatoms. The molecule has 3 aliphatic heterocycles. The van der Waals surface area contributed by atoms with E-state index in [0.29, 0.717) is 32.3 Å². The Hall–Kier alpha value is -6.43. The summed E-state index contributed by atoms with van der Waals surface area (Å²) < 4.78 is 57.1. The number of aliphatic hydroxyl groups excluding tert-OH is 1. The van der Waals surface area contributed by atoms with E-state index < -0.39 is 65.5 Å². The first kappa shape index (κ1) is 60.7. The first-order valence-corrected chi connectivity index (χ1v) is 29.2. The topological polar surface area (TPSA) is 224 Å². The van der Waals surface area contributed by atoms with Crippen LogP contribution in [0, 0.1) is 18.2 Å². The lowest BCUT2D eigenvalue weighted by Crippen LogP contribution is -2.58. The first-order valence-electron chi connectivity index (χ1n) is 28.3. The summed E-state index contributed by atoms with van der Waals surface area (Å²) in [6.07, 6.45) is 10.9. The Bertz CT molecular complexity index is 2840. The Morgan fingerprint density at radius 3 is 2.35 bits per heavy atom. The fourth-order valence-electron chi connectivity index (χ4n) is 11.2. The number of benzene rings is 2. The monoisotopic (exact) mass is 1150 g/mol. The van der Waals surface area contributed by atoms with Crippen molar-refractivity contribution >= 4 is 64.0 Å². The van der Waals surface area contributed by atoms with Crippen molar-refractivity contribution in [3.63, 3.8) is 0 Å². The van der Waals surface area contributed by atoms with E-state index in [9.17, 15) is 29.1 Å². The van der Waals surface area contributed by atoms with E-state index in [-0.39, 0.29) is 78.6 Å². The molecule has 3 fully saturated rings. The van der Waals surface area contributed by atoms with Crippen LogP contribution in [0.1, 0.15) is 126 Å². The molecule has 3 atom stereocenters. The molecule has 2 unspecified atom stereocenters. The number of aromatic nitrogens is 3. The molecule has 2 aromatic heterocycles. The molecule has 81 heavy (non-hydrogen) atoms. The number of likely N-dealkylation sites (tertiary alicyclic amines) is 2. The van der Waals surface area contributed by atoms with Crippen molar-refractivity contribution in [2.45, 2.75) is 154 Å². The number of carbonyl (C=O) groups excluding carboxylic acids is 5. The number of thiazole rings is 1. The standard InChI is InChI=1S/C58H78F3N11O8S/c1-36-49(81-35-64-36)38-19-17-37(18-20-38)30-62-53(76)45-27-41(73)32-71(45)54(77)50(57(2,3)4)67-48(74)33-80-26-14-10-8-7-9-13-23-70-24-21-39(22-25-70)65-52(75)42-28-47(79-6)44(29-43(42)59)66-56-63-31-46-51(68-56)72(40-15-11-12-16-40)34-58(60,61)55(78)69(46)5/h17-20,28-29,31,35,39-41,45,50,73H,7-16,21-27,30,32-34H2,1-6H3,(H,62,76)(H,65,75)(H,67,74)(H,63,66,68)/t41?,45?,50-/m1/s1. The number of hydrogen-bond donors (Lipinski definition) is 5. The van der Waals surface area contributed by atoms with Gasteiger partial charge < -0.3 is 55.4 Å². The Balaban J connectivity index is 0.698. The minimum Gasteiger partial charge on any atom is -0.495 e. The van der Waals surface area contributed by atoms with Crippen molar-refractivity contribution in [3.8, 4) is 16.2 Å². The van der Waals surface area contributed by atoms with Gasteiger partial charge in [0.05, 0.1) is 53.3 Å². The maximum absolute atomic E-state index is 15.7. The second-order valence-corrected chi connectivity index (χ2v) is 23.8. The maximum Gasteiger partial charge on any atom is 0.342 e. The number of unbranched alkanes of at least 4 members (excludes halogenated alkanes) is 5. The van der Waals surface area contributed by atoms with Gasteiger partial charge in [-0.2, -0.15) is 13.8 Å². The molecule has 5 amide bonds. The number of alkyl halides is 2. The number of rotatable bonds is 23. The molecule has 4 aromatic rings. The van der Waals surface area contributed by atoms with Crippen molar-refractivity contribution in [1.82, 2.24) is 40.7 Å². The van der Waals surface area contributed by atoms with Gasteiger partial charge in [-0.25, -0.2) is 14.4 Å². The summed E-state index contributed by atoms with van der Waals surface area (Å²) in [6.45, 7) is 9.62. The molecule has 5 N–H and O–H groups in total. The Morgan fingerprint density at radius 1 is 0.963 bits per heavy atom. The average molecular weight is 1150 g/mol. The fourth-order valence-corrected chi connectivity index (χ4v) is 12.0. The molecule has 1 saturated carbocycles. The minimum atomic E-state index is -3.63. The first-order chi connectivity index (χ1) is 38.7. The number of hydrogen-bond acceptors (Lipinski definition) is 15. The van der Waals surface area contributed by atoms with Crippen molar-refractivity contribution in [2.75, 3.05) is 75.2 Å². The van der Waals surface area contributed by atoms with Gasteiger partial charge in [-0.15, -0.1) is 11.3 Å². The molecule has 0 bridgehead atoms. The van der Waals surface area contributed by atoms with Gasteiger partial charge in [0.25, 0.3) is 11.8 Å². The SMILES string of the molecule is COc1cc(C(=O)NC2CCN(CCCCCCCCOCC(=O)N[C@H](C(=O)N3CC(O)CC3C(=O)NCc3ccc(-c4scnc4C)cc3)C(C)(C)C)CC2)c(F)cc1Nc1ncc2c(n1)N(C1CCCC1)CC(F)(F)C(=O)N2C. The molecule has 440 valence electrons. The molecule has 5 heterocycles. The zero-order valence-electron chi connectivity index (χ0n) is 47.3. The van der Waals surface area contributed by atoms with E-state index in [1.54, 1.807) is 11.3 Å². The van der Waals surface area contributed by atoms with Crippen LogP contribution in [0.5, 0.6) is 5.75 Å². The van der Waals surface area contributed by atoms with Crippen LogP contribution in [0.4, 0.5) is 36.3 Å². The van der Waals surface area contributed by atoms with Gasteiger partial charge in [0.15, 0.2) is 5.82 Å². The number of carbonyl (C=O) groups is 5. The molecule has 4 aliphatic rings. The zero-order valence-corrected chi connectivity index (χ0v) is 48.1. The number of aryl methyl sites for hydroxylation is 1. The van der Waals surface area contributed by atoms with Crippen LogP contribution in [0.2, 0.25) is 0 Å². The highest BCUT2D eigenvalue weighted by Crippen LogP contribution is 2.41. The predicted molar refractivity (Wildman–Crippen MR) is 303 cm³/mol. The number of methoxy groups -OCH3 is 1. The van der Waals surface area contributed by atoms with E-state index in [1.165, 1.54) is 36.2 Å². The summed E-state index contributed by atoms with van der Waals surface area (Å²) >= 11 is 1.57. The number of fused-ring (bicyclic) bond motifs is 1. The second kappa shape index (κ2) is 27.1. The molecular weight excluding hydrogens is 1070 g/mol. The number of ether oxygens (including phenoxy) is 2. The minimum absolute atomic E-state index is 0.0140. The molecule has 19 nitrogen and oxygen atoms in total. The van der Waals surface area contributed by atoms with Gasteiger partial charge in [0.2, 0.25) is 23.7 Å². The van der Waals surface area contributed by atoms with E-state index >= 15 is 13.2 Å². The van der Waals surface area contributed by atoms with Gasteiger partial charge in [-0.05, 0) is 74.6 Å². The largest absolute Gasteiger partial charge is 0.495 e. The van der Waals surface area contributed by atoms with Gasteiger partial charge in [-0.1, -0.05) is 83.6 Å². The van der Waals surface area contributed by atoms with E-state index in [2.05, 4.69) is 41.1 Å². The number of piperidine rings is 1. The maximum atomic E-state index is 15.7. The molecule has 1 aliphatic carbocycles. The summed E-state index contributed by atoms with van der Waals surface area (Å²) in [5.74, 6) is -7.28. The van der Waals surface area contributed by atoms with Crippen LogP contribution < -0.4 is 35.8 Å². The summed E-state index contributed by atoms with van der Waals surface area (Å²) in [7, 11) is 2.65. The third-order valence-corrected chi connectivity index (χ3v) is 16.8. The normalized spacial score (nSPS) is 19.3. The van der Waals surface area contributed by atoms with Gasteiger partial charge in [0.1, 0.15) is 35.9 Å². The Morgan fingerprint density at radius 2 is 1.67 bits per heavy atom. The number of anilines is 4. The summed E-state index contributed by atoms with van der Waals surface area (Å²) in [5, 5.41) is 22.3. The summed E-state index contributed by atoms with van der Waals surface area (Å²) in [6, 6.07) is 8.08. The summed E-state index contributed by atoms with van der Waals surface area (Å²) in [4.78, 5) is 87.1.